The number of amides is 1. The smallest absolute Gasteiger partial charge is 0.407 e. The molecule has 0 aromatic carbocycles. The molecule has 0 spiro atoms. The van der Waals surface area contributed by atoms with E-state index in [4.69, 9.17) is 16.3 Å². The lowest BCUT2D eigenvalue weighted by Gasteiger charge is -2.27. The molecule has 0 unspecified atom stereocenters. The van der Waals surface area contributed by atoms with Gasteiger partial charge < -0.3 is 15.0 Å². The molecule has 1 aromatic heterocycles. The second kappa shape index (κ2) is 7.64. The lowest BCUT2D eigenvalue weighted by Crippen LogP contribution is -2.39. The van der Waals surface area contributed by atoms with Crippen molar-refractivity contribution >= 4 is 23.4 Å². The van der Waals surface area contributed by atoms with Crippen LogP contribution in [0.25, 0.3) is 0 Å². The number of hydrogen-bond donors (Lipinski definition) is 1. The molecule has 2 fully saturated rings. The van der Waals surface area contributed by atoms with Crippen molar-refractivity contribution in [1.82, 2.24) is 15.1 Å². The minimum absolute atomic E-state index is 0.152. The van der Waals surface area contributed by atoms with E-state index in [1.165, 1.54) is 4.68 Å². The molecule has 1 saturated carbocycles. The van der Waals surface area contributed by atoms with Crippen molar-refractivity contribution in [2.45, 2.75) is 51.2 Å². The highest BCUT2D eigenvalue weighted by molar-refractivity contribution is 6.33. The number of aryl methyl sites for hydroxylation is 1. The lowest BCUT2D eigenvalue weighted by molar-refractivity contribution is 0.102. The first kappa shape index (κ1) is 18.0. The fourth-order valence-electron chi connectivity index (χ4n) is 3.52. The molecule has 2 aliphatic rings. The number of rotatable bonds is 3. The second-order valence-electron chi connectivity index (χ2n) is 7.14. The van der Waals surface area contributed by atoms with E-state index in [1.54, 1.807) is 13.2 Å². The van der Waals surface area contributed by atoms with Crippen molar-refractivity contribution in [1.29, 1.82) is 0 Å². The monoisotopic (exact) mass is 368 g/mol. The third kappa shape index (κ3) is 4.26. The molecule has 8 heteroatoms. The first-order chi connectivity index (χ1) is 11.9. The van der Waals surface area contributed by atoms with Gasteiger partial charge in [0.2, 0.25) is 0 Å². The molecule has 138 valence electrons. The standard InChI is InChI=1S/C17H25ClN4O3/c1-11-3-5-12(6-4-11)20-17(24)25-13-7-8-22(10-13)14-9-19-21(2)16(23)15(14)18/h9,11-13H,3-8,10H2,1-2H3,(H,20,24)/t11?,12?,13-/m1/s1. The van der Waals surface area contributed by atoms with Gasteiger partial charge in [-0.05, 0) is 31.6 Å². The number of nitrogens with zero attached hydrogens (tertiary/aromatic N) is 3. The molecule has 0 radical (unpaired) electrons. The minimum atomic E-state index is -0.348. The van der Waals surface area contributed by atoms with Crippen LogP contribution in [0.5, 0.6) is 0 Å². The molecule has 2 heterocycles. The van der Waals surface area contributed by atoms with Crippen molar-refractivity contribution in [3.8, 4) is 0 Å². The van der Waals surface area contributed by atoms with Crippen LogP contribution in [0.3, 0.4) is 0 Å². The molecule has 1 aromatic rings. The summed E-state index contributed by atoms with van der Waals surface area (Å²) in [7, 11) is 1.56. The summed E-state index contributed by atoms with van der Waals surface area (Å²) in [5, 5.41) is 7.14. The van der Waals surface area contributed by atoms with Crippen molar-refractivity contribution in [2.24, 2.45) is 13.0 Å². The molecule has 1 atom stereocenters. The van der Waals surface area contributed by atoms with Crippen molar-refractivity contribution in [3.63, 3.8) is 0 Å². The lowest BCUT2D eigenvalue weighted by atomic mass is 9.87. The Kier molecular flexibility index (Phi) is 5.51. The van der Waals surface area contributed by atoms with Crippen LogP contribution in [0.2, 0.25) is 5.02 Å². The molecular weight excluding hydrogens is 344 g/mol. The van der Waals surface area contributed by atoms with Crippen LogP contribution in [-0.2, 0) is 11.8 Å². The number of carbonyl (C=O) groups is 1. The number of hydrogen-bond acceptors (Lipinski definition) is 5. The summed E-state index contributed by atoms with van der Waals surface area (Å²) in [5.74, 6) is 0.745. The normalized spacial score (nSPS) is 26.5. The van der Waals surface area contributed by atoms with E-state index in [9.17, 15) is 9.59 Å². The van der Waals surface area contributed by atoms with Gasteiger partial charge in [0.25, 0.3) is 5.56 Å². The SMILES string of the molecule is CC1CCC(NC(=O)O[C@@H]2CCN(c3cnn(C)c(=O)c3Cl)C2)CC1. The topological polar surface area (TPSA) is 76.5 Å². The maximum absolute atomic E-state index is 12.1. The maximum atomic E-state index is 12.1. The van der Waals surface area contributed by atoms with E-state index in [0.717, 1.165) is 31.6 Å². The zero-order valence-corrected chi connectivity index (χ0v) is 15.5. The zero-order chi connectivity index (χ0) is 18.0. The van der Waals surface area contributed by atoms with Gasteiger partial charge in [-0.3, -0.25) is 4.79 Å². The molecule has 1 saturated heterocycles. The molecule has 1 aliphatic heterocycles. The number of carbonyl (C=O) groups excluding carboxylic acids is 1. The average molecular weight is 369 g/mol. The van der Waals surface area contributed by atoms with Gasteiger partial charge in [-0.15, -0.1) is 0 Å². The number of alkyl carbamates (subject to hydrolysis) is 1. The molecular formula is C17H25ClN4O3. The third-order valence-corrected chi connectivity index (χ3v) is 5.51. The van der Waals surface area contributed by atoms with Crippen LogP contribution in [0.4, 0.5) is 10.5 Å². The zero-order valence-electron chi connectivity index (χ0n) is 14.7. The largest absolute Gasteiger partial charge is 0.444 e. The number of ether oxygens (including phenoxy) is 1. The van der Waals surface area contributed by atoms with Crippen LogP contribution < -0.4 is 15.8 Å². The van der Waals surface area contributed by atoms with E-state index in [0.29, 0.717) is 25.2 Å². The van der Waals surface area contributed by atoms with Gasteiger partial charge in [0.1, 0.15) is 11.1 Å². The Bertz CT molecular complexity index is 685. The van der Waals surface area contributed by atoms with Crippen molar-refractivity contribution in [2.75, 3.05) is 18.0 Å². The fourth-order valence-corrected chi connectivity index (χ4v) is 3.81. The van der Waals surface area contributed by atoms with E-state index in [-0.39, 0.29) is 28.8 Å². The van der Waals surface area contributed by atoms with Crippen LogP contribution in [-0.4, -0.2) is 41.1 Å². The molecule has 1 amide bonds. The Morgan fingerprint density at radius 3 is 2.76 bits per heavy atom. The predicted molar refractivity (Wildman–Crippen MR) is 96.1 cm³/mol. The highest BCUT2D eigenvalue weighted by Crippen LogP contribution is 2.26. The maximum Gasteiger partial charge on any atom is 0.407 e. The quantitative estimate of drug-likeness (QED) is 0.886. The van der Waals surface area contributed by atoms with E-state index >= 15 is 0 Å². The molecule has 7 nitrogen and oxygen atoms in total. The Morgan fingerprint density at radius 2 is 2.04 bits per heavy atom. The fraction of sp³-hybridized carbons (Fsp3) is 0.706. The first-order valence-corrected chi connectivity index (χ1v) is 9.25. The van der Waals surface area contributed by atoms with Gasteiger partial charge in [0.05, 0.1) is 18.4 Å². The number of aromatic nitrogens is 2. The summed E-state index contributed by atoms with van der Waals surface area (Å²) in [6.45, 7) is 3.44. The summed E-state index contributed by atoms with van der Waals surface area (Å²) in [6.07, 6.45) is 6.06. The Hall–Kier alpha value is -1.76. The molecule has 0 bridgehead atoms. The molecule has 1 N–H and O–H groups in total. The summed E-state index contributed by atoms with van der Waals surface area (Å²) in [4.78, 5) is 26.0. The molecule has 3 rings (SSSR count). The number of anilines is 1. The summed E-state index contributed by atoms with van der Waals surface area (Å²) < 4.78 is 6.75. The van der Waals surface area contributed by atoms with E-state index < -0.39 is 0 Å². The summed E-state index contributed by atoms with van der Waals surface area (Å²) in [5.41, 5.74) is 0.269. The van der Waals surface area contributed by atoms with Crippen molar-refractivity contribution < 1.29 is 9.53 Å². The van der Waals surface area contributed by atoms with Gasteiger partial charge in [-0.2, -0.15) is 5.10 Å². The highest BCUT2D eigenvalue weighted by atomic mass is 35.5. The minimum Gasteiger partial charge on any atom is -0.444 e. The van der Waals surface area contributed by atoms with Gasteiger partial charge in [0, 0.05) is 26.1 Å². The highest BCUT2D eigenvalue weighted by Gasteiger charge is 2.29. The first-order valence-electron chi connectivity index (χ1n) is 8.88. The summed E-state index contributed by atoms with van der Waals surface area (Å²) >= 11 is 6.14. The average Bonchev–Trinajstić information content (AvgIpc) is 3.03. The Balaban J connectivity index is 1.52. The molecule has 25 heavy (non-hydrogen) atoms. The van der Waals surface area contributed by atoms with E-state index in [1.807, 2.05) is 4.90 Å². The van der Waals surface area contributed by atoms with Crippen LogP contribution in [0, 0.1) is 5.92 Å². The predicted octanol–water partition coefficient (Wildman–Crippen LogP) is 2.32. The number of nitrogens with one attached hydrogen (secondary N) is 1. The number of halogens is 1. The van der Waals surface area contributed by atoms with Gasteiger partial charge >= 0.3 is 6.09 Å². The van der Waals surface area contributed by atoms with Crippen LogP contribution >= 0.6 is 11.6 Å². The van der Waals surface area contributed by atoms with Crippen LogP contribution in [0.1, 0.15) is 39.0 Å². The summed E-state index contributed by atoms with van der Waals surface area (Å²) in [6, 6.07) is 0.219. The second-order valence-corrected chi connectivity index (χ2v) is 7.51. The van der Waals surface area contributed by atoms with Gasteiger partial charge in [-0.1, -0.05) is 18.5 Å². The Morgan fingerprint density at radius 1 is 1.32 bits per heavy atom. The van der Waals surface area contributed by atoms with Gasteiger partial charge in [0.15, 0.2) is 0 Å². The van der Waals surface area contributed by atoms with E-state index in [2.05, 4.69) is 17.3 Å². The van der Waals surface area contributed by atoms with Gasteiger partial charge in [-0.25, -0.2) is 9.48 Å². The van der Waals surface area contributed by atoms with Crippen LogP contribution in [0.15, 0.2) is 11.0 Å². The third-order valence-electron chi connectivity index (χ3n) is 5.16. The molecule has 1 aliphatic carbocycles. The Labute approximate surface area is 152 Å². The van der Waals surface area contributed by atoms with Crippen molar-refractivity contribution in [3.05, 3.63) is 21.6 Å².